The fourth-order valence-corrected chi connectivity index (χ4v) is 3.45. The van der Waals surface area contributed by atoms with Gasteiger partial charge in [-0.2, -0.15) is 0 Å². The van der Waals surface area contributed by atoms with Gasteiger partial charge in [0.05, 0.1) is 17.7 Å². The van der Waals surface area contributed by atoms with E-state index >= 15 is 0 Å². The zero-order valence-electron chi connectivity index (χ0n) is 17.0. The second-order valence-corrected chi connectivity index (χ2v) is 7.37. The molecule has 0 spiro atoms. The van der Waals surface area contributed by atoms with Gasteiger partial charge in [0.1, 0.15) is 12.4 Å². The van der Waals surface area contributed by atoms with Crippen LogP contribution in [-0.4, -0.2) is 22.0 Å². The van der Waals surface area contributed by atoms with E-state index in [1.165, 1.54) is 6.07 Å². The van der Waals surface area contributed by atoms with Crippen LogP contribution in [-0.2, 0) is 17.8 Å². The highest BCUT2D eigenvalue weighted by molar-refractivity contribution is 6.02. The van der Waals surface area contributed by atoms with Crippen molar-refractivity contribution >= 4 is 28.5 Å². The molecular weight excluding hydrogens is 392 g/mol. The van der Waals surface area contributed by atoms with Crippen molar-refractivity contribution in [1.29, 1.82) is 0 Å². The van der Waals surface area contributed by atoms with E-state index in [4.69, 9.17) is 4.74 Å². The maximum atomic E-state index is 12.7. The number of rotatable bonds is 7. The summed E-state index contributed by atoms with van der Waals surface area (Å²) in [7, 11) is 0. The zero-order valence-corrected chi connectivity index (χ0v) is 17.0. The number of aromatic amines is 1. The molecule has 4 aromatic rings. The average Bonchev–Trinajstić information content (AvgIpc) is 3.14. The Kier molecular flexibility index (Phi) is 5.71. The van der Waals surface area contributed by atoms with Crippen LogP contribution in [0.4, 0.5) is 5.69 Å². The molecule has 0 saturated carbocycles. The van der Waals surface area contributed by atoms with E-state index in [1.807, 2.05) is 55.5 Å². The van der Waals surface area contributed by atoms with Gasteiger partial charge < -0.3 is 20.1 Å². The number of aromatic carboxylic acids is 1. The first kappa shape index (κ1) is 20.2. The summed E-state index contributed by atoms with van der Waals surface area (Å²) in [6, 6.07) is 20.5. The lowest BCUT2D eigenvalue weighted by atomic mass is 10.1. The molecule has 1 aromatic heterocycles. The Morgan fingerprint density at radius 1 is 1.03 bits per heavy atom. The number of benzene rings is 3. The normalized spacial score (nSPS) is 10.7. The van der Waals surface area contributed by atoms with E-state index < -0.39 is 5.97 Å². The van der Waals surface area contributed by atoms with Gasteiger partial charge in [-0.25, -0.2) is 4.79 Å². The number of anilines is 1. The Hall–Kier alpha value is -4.06. The van der Waals surface area contributed by atoms with Crippen LogP contribution in [0.15, 0.2) is 72.9 Å². The minimum atomic E-state index is -1.08. The number of aromatic nitrogens is 1. The molecule has 0 fully saturated rings. The van der Waals surface area contributed by atoms with Crippen LogP contribution in [0.5, 0.6) is 5.75 Å². The molecule has 0 aliphatic rings. The van der Waals surface area contributed by atoms with Crippen molar-refractivity contribution in [2.24, 2.45) is 0 Å². The molecule has 0 unspecified atom stereocenters. The van der Waals surface area contributed by atoms with E-state index in [2.05, 4.69) is 10.3 Å². The van der Waals surface area contributed by atoms with E-state index in [0.29, 0.717) is 18.0 Å². The topological polar surface area (TPSA) is 91.4 Å². The standard InChI is InChI=1S/C25H22N2O4/c1-16-7-9-20(25(29)30)23(11-16)27-24(28)12-18-14-26-22-10-8-19(13-21(18)22)31-15-17-5-3-2-4-6-17/h2-11,13-14,26H,12,15H2,1H3,(H,27,28)(H,29,30). The molecule has 6 heteroatoms. The Morgan fingerprint density at radius 3 is 2.61 bits per heavy atom. The zero-order chi connectivity index (χ0) is 21.8. The number of carbonyl (C=O) groups is 2. The smallest absolute Gasteiger partial charge is 0.337 e. The fourth-order valence-electron chi connectivity index (χ4n) is 3.45. The third kappa shape index (κ3) is 4.75. The molecule has 4 rings (SSSR count). The molecule has 1 heterocycles. The van der Waals surface area contributed by atoms with E-state index in [9.17, 15) is 14.7 Å². The number of hydrogen-bond acceptors (Lipinski definition) is 3. The number of carbonyl (C=O) groups excluding carboxylic acids is 1. The van der Waals surface area contributed by atoms with Crippen LogP contribution < -0.4 is 10.1 Å². The van der Waals surface area contributed by atoms with Crippen molar-refractivity contribution in [2.45, 2.75) is 20.0 Å². The Labute approximate surface area is 179 Å². The molecule has 3 aromatic carbocycles. The van der Waals surface area contributed by atoms with Gasteiger partial charge in [0, 0.05) is 17.1 Å². The number of amides is 1. The second-order valence-electron chi connectivity index (χ2n) is 7.37. The number of ether oxygens (including phenoxy) is 1. The van der Waals surface area contributed by atoms with Crippen molar-refractivity contribution in [1.82, 2.24) is 4.98 Å². The highest BCUT2D eigenvalue weighted by atomic mass is 16.5. The van der Waals surface area contributed by atoms with Gasteiger partial charge in [-0.3, -0.25) is 4.79 Å². The summed E-state index contributed by atoms with van der Waals surface area (Å²) < 4.78 is 5.90. The molecule has 3 N–H and O–H groups in total. The molecule has 0 aliphatic carbocycles. The summed E-state index contributed by atoms with van der Waals surface area (Å²) in [5.41, 5.74) is 4.01. The molecule has 1 amide bonds. The Morgan fingerprint density at radius 2 is 1.84 bits per heavy atom. The maximum Gasteiger partial charge on any atom is 0.337 e. The minimum Gasteiger partial charge on any atom is -0.489 e. The lowest BCUT2D eigenvalue weighted by molar-refractivity contribution is -0.115. The van der Waals surface area contributed by atoms with Crippen LogP contribution in [0.3, 0.4) is 0 Å². The summed E-state index contributed by atoms with van der Waals surface area (Å²) in [6.07, 6.45) is 1.90. The predicted octanol–water partition coefficient (Wildman–Crippen LogP) is 4.93. The third-order valence-corrected chi connectivity index (χ3v) is 5.02. The summed E-state index contributed by atoms with van der Waals surface area (Å²) in [6.45, 7) is 2.30. The lowest BCUT2D eigenvalue weighted by Crippen LogP contribution is -2.16. The molecule has 0 bridgehead atoms. The predicted molar refractivity (Wildman–Crippen MR) is 120 cm³/mol. The first-order chi connectivity index (χ1) is 15.0. The summed E-state index contributed by atoms with van der Waals surface area (Å²) in [5, 5.41) is 13.0. The molecule has 156 valence electrons. The van der Waals surface area contributed by atoms with Crippen LogP contribution in [0, 0.1) is 6.92 Å². The number of nitrogens with one attached hydrogen (secondary N) is 2. The van der Waals surface area contributed by atoms with Gasteiger partial charge in [0.25, 0.3) is 0 Å². The fraction of sp³-hybridized carbons (Fsp3) is 0.120. The lowest BCUT2D eigenvalue weighted by Gasteiger charge is -2.10. The van der Waals surface area contributed by atoms with E-state index in [-0.39, 0.29) is 17.9 Å². The number of hydrogen-bond donors (Lipinski definition) is 3. The molecule has 0 radical (unpaired) electrons. The molecule has 0 aliphatic heterocycles. The molecule has 6 nitrogen and oxygen atoms in total. The van der Waals surface area contributed by atoms with Crippen molar-refractivity contribution < 1.29 is 19.4 Å². The average molecular weight is 414 g/mol. The SMILES string of the molecule is Cc1ccc(C(=O)O)c(NC(=O)Cc2c[nH]c3ccc(OCc4ccccc4)cc23)c1. The Balaban J connectivity index is 1.50. The highest BCUT2D eigenvalue weighted by Crippen LogP contribution is 2.25. The molecular formula is C25H22N2O4. The number of H-pyrrole nitrogens is 1. The number of fused-ring (bicyclic) bond motifs is 1. The largest absolute Gasteiger partial charge is 0.489 e. The monoisotopic (exact) mass is 414 g/mol. The van der Waals surface area contributed by atoms with Crippen LogP contribution in [0.25, 0.3) is 10.9 Å². The first-order valence-corrected chi connectivity index (χ1v) is 9.90. The van der Waals surface area contributed by atoms with Crippen molar-refractivity contribution in [3.05, 3.63) is 95.2 Å². The van der Waals surface area contributed by atoms with Crippen LogP contribution in [0.1, 0.15) is 27.0 Å². The van der Waals surface area contributed by atoms with Crippen LogP contribution in [0.2, 0.25) is 0 Å². The number of carboxylic acids is 1. The van der Waals surface area contributed by atoms with Gasteiger partial charge in [-0.05, 0) is 53.9 Å². The van der Waals surface area contributed by atoms with Crippen LogP contribution >= 0.6 is 0 Å². The van der Waals surface area contributed by atoms with Gasteiger partial charge in [0.15, 0.2) is 0 Å². The van der Waals surface area contributed by atoms with Crippen molar-refractivity contribution in [3.8, 4) is 5.75 Å². The van der Waals surface area contributed by atoms with Crippen molar-refractivity contribution in [3.63, 3.8) is 0 Å². The van der Waals surface area contributed by atoms with Gasteiger partial charge in [0.2, 0.25) is 5.91 Å². The van der Waals surface area contributed by atoms with E-state index in [0.717, 1.165) is 27.6 Å². The van der Waals surface area contributed by atoms with Gasteiger partial charge >= 0.3 is 5.97 Å². The van der Waals surface area contributed by atoms with Gasteiger partial charge in [-0.1, -0.05) is 36.4 Å². The van der Waals surface area contributed by atoms with Gasteiger partial charge in [-0.15, -0.1) is 0 Å². The number of aryl methyl sites for hydroxylation is 1. The first-order valence-electron chi connectivity index (χ1n) is 9.90. The molecule has 31 heavy (non-hydrogen) atoms. The maximum absolute atomic E-state index is 12.7. The summed E-state index contributed by atoms with van der Waals surface area (Å²) in [5.74, 6) is -0.656. The van der Waals surface area contributed by atoms with Crippen molar-refractivity contribution in [2.75, 3.05) is 5.32 Å². The molecule has 0 atom stereocenters. The second kappa shape index (κ2) is 8.75. The third-order valence-electron chi connectivity index (χ3n) is 5.02. The minimum absolute atomic E-state index is 0.0643. The highest BCUT2D eigenvalue weighted by Gasteiger charge is 2.15. The summed E-state index contributed by atoms with van der Waals surface area (Å²) in [4.78, 5) is 27.3. The summed E-state index contributed by atoms with van der Waals surface area (Å²) >= 11 is 0. The Bertz CT molecular complexity index is 1250. The quantitative estimate of drug-likeness (QED) is 0.400. The molecule has 0 saturated heterocycles. The number of carboxylic acid groups (broad SMARTS) is 1. The van der Waals surface area contributed by atoms with E-state index in [1.54, 1.807) is 18.3 Å².